The fourth-order valence-corrected chi connectivity index (χ4v) is 1.59. The van der Waals surface area contributed by atoms with Crippen molar-refractivity contribution in [3.8, 4) is 11.8 Å². The first kappa shape index (κ1) is 17.0. The van der Waals surface area contributed by atoms with E-state index >= 15 is 0 Å². The molecule has 102 valence electrons. The van der Waals surface area contributed by atoms with E-state index in [2.05, 4.69) is 24.5 Å². The third-order valence-electron chi connectivity index (χ3n) is 2.40. The maximum Gasteiger partial charge on any atom is 0.157 e. The van der Waals surface area contributed by atoms with Crippen molar-refractivity contribution in [1.29, 1.82) is 0 Å². The van der Waals surface area contributed by atoms with Gasteiger partial charge in [0.05, 0.1) is 0 Å². The van der Waals surface area contributed by atoms with Crippen LogP contribution in [0.3, 0.4) is 0 Å². The minimum atomic E-state index is -0.0194. The topological polar surface area (TPSA) is 18.5 Å². The molecule has 0 spiro atoms. The van der Waals surface area contributed by atoms with E-state index in [4.69, 9.17) is 9.47 Å². The Kier molecular flexibility index (Phi) is 13.2. The van der Waals surface area contributed by atoms with Crippen LogP contribution in [0.5, 0.6) is 0 Å². The van der Waals surface area contributed by atoms with Crippen molar-refractivity contribution in [3.63, 3.8) is 0 Å². The molecule has 0 atom stereocenters. The second-order valence-electron chi connectivity index (χ2n) is 3.87. The van der Waals surface area contributed by atoms with Gasteiger partial charge in [0.1, 0.15) is 0 Å². The van der Waals surface area contributed by atoms with Gasteiger partial charge in [-0.05, 0) is 51.7 Å². The zero-order valence-electron chi connectivity index (χ0n) is 11.8. The first-order valence-corrected chi connectivity index (χ1v) is 6.85. The van der Waals surface area contributed by atoms with Crippen molar-refractivity contribution >= 4 is 0 Å². The van der Waals surface area contributed by atoms with Gasteiger partial charge < -0.3 is 9.47 Å². The molecule has 0 aromatic carbocycles. The maximum absolute atomic E-state index is 5.49. The summed E-state index contributed by atoms with van der Waals surface area (Å²) in [7, 11) is 0. The molecule has 0 aromatic rings. The van der Waals surface area contributed by atoms with Gasteiger partial charge in [0.2, 0.25) is 0 Å². The van der Waals surface area contributed by atoms with E-state index in [1.165, 1.54) is 12.8 Å². The number of rotatable bonds is 10. The number of hydrogen-bond acceptors (Lipinski definition) is 2. The zero-order chi connectivity index (χ0) is 13.5. The fourth-order valence-electron chi connectivity index (χ4n) is 1.59. The molecule has 0 heterocycles. The molecule has 0 bridgehead atoms. The minimum Gasteiger partial charge on any atom is -0.353 e. The van der Waals surface area contributed by atoms with Crippen LogP contribution in [0, 0.1) is 11.8 Å². The second kappa shape index (κ2) is 14.0. The molecule has 0 unspecified atom stereocenters. The molecule has 0 N–H and O–H groups in total. The lowest BCUT2D eigenvalue weighted by Crippen LogP contribution is -2.17. The van der Waals surface area contributed by atoms with Crippen LogP contribution in [0.15, 0.2) is 24.8 Å². The Labute approximate surface area is 112 Å². The van der Waals surface area contributed by atoms with Gasteiger partial charge in [0, 0.05) is 13.2 Å². The molecule has 0 fully saturated rings. The van der Waals surface area contributed by atoms with Crippen LogP contribution in [0.1, 0.15) is 46.0 Å². The lowest BCUT2D eigenvalue weighted by molar-refractivity contribution is -0.140. The third kappa shape index (κ3) is 11.4. The second-order valence-corrected chi connectivity index (χ2v) is 3.87. The van der Waals surface area contributed by atoms with E-state index in [1.807, 2.05) is 19.9 Å². The van der Waals surface area contributed by atoms with Crippen LogP contribution >= 0.6 is 0 Å². The molecule has 0 radical (unpaired) electrons. The van der Waals surface area contributed by atoms with Crippen LogP contribution in [0.2, 0.25) is 0 Å². The molecule has 0 saturated carbocycles. The van der Waals surface area contributed by atoms with Gasteiger partial charge >= 0.3 is 0 Å². The molecule has 0 amide bonds. The highest BCUT2D eigenvalue weighted by Crippen LogP contribution is 2.09. The number of hydrogen-bond donors (Lipinski definition) is 0. The Balaban J connectivity index is 3.47. The van der Waals surface area contributed by atoms with E-state index in [0.717, 1.165) is 32.5 Å². The highest BCUT2D eigenvalue weighted by atomic mass is 16.7. The molecule has 0 aliphatic heterocycles. The predicted molar refractivity (Wildman–Crippen MR) is 77.2 cm³/mol. The van der Waals surface area contributed by atoms with Gasteiger partial charge in [-0.15, -0.1) is 0 Å². The van der Waals surface area contributed by atoms with Crippen molar-refractivity contribution in [2.24, 2.45) is 0 Å². The van der Waals surface area contributed by atoms with E-state index in [0.29, 0.717) is 0 Å². The number of unbranched alkanes of at least 4 members (excludes halogenated alkanes) is 3. The predicted octanol–water partition coefficient (Wildman–Crippen LogP) is 4.08. The molecule has 2 heteroatoms. The highest BCUT2D eigenvalue weighted by molar-refractivity contribution is 5.21. The Bertz CT molecular complexity index is 265. The molecule has 0 rings (SSSR count). The molecular formula is C16H26O2. The Morgan fingerprint density at radius 1 is 1.06 bits per heavy atom. The summed E-state index contributed by atoms with van der Waals surface area (Å²) in [4.78, 5) is 0. The van der Waals surface area contributed by atoms with Gasteiger partial charge in [-0.3, -0.25) is 0 Å². The van der Waals surface area contributed by atoms with Gasteiger partial charge in [-0.2, -0.15) is 0 Å². The normalized spacial score (nSPS) is 10.6. The summed E-state index contributed by atoms with van der Waals surface area (Å²) in [6, 6.07) is 0. The van der Waals surface area contributed by atoms with Gasteiger partial charge in [0.25, 0.3) is 0 Å². The van der Waals surface area contributed by atoms with Crippen LogP contribution in [0.4, 0.5) is 0 Å². The summed E-state index contributed by atoms with van der Waals surface area (Å²) in [6.45, 7) is 8.97. The Hall–Kier alpha value is -1.04. The molecule has 18 heavy (non-hydrogen) atoms. The number of ether oxygens (including phenoxy) is 2. The van der Waals surface area contributed by atoms with E-state index in [9.17, 15) is 0 Å². The number of allylic oxidation sites excluding steroid dienone is 3. The lowest BCUT2D eigenvalue weighted by Gasteiger charge is -2.16. The quantitative estimate of drug-likeness (QED) is 0.330. The average molecular weight is 250 g/mol. The van der Waals surface area contributed by atoms with Crippen LogP contribution in [0.25, 0.3) is 0 Å². The van der Waals surface area contributed by atoms with Crippen molar-refractivity contribution in [3.05, 3.63) is 24.8 Å². The van der Waals surface area contributed by atoms with Crippen molar-refractivity contribution in [2.45, 2.75) is 52.2 Å². The monoisotopic (exact) mass is 250 g/mol. The van der Waals surface area contributed by atoms with E-state index < -0.39 is 0 Å². The maximum atomic E-state index is 5.49. The molecule has 0 aromatic heterocycles. The summed E-state index contributed by atoms with van der Waals surface area (Å²) < 4.78 is 11.0. The summed E-state index contributed by atoms with van der Waals surface area (Å²) in [5.41, 5.74) is 0. The largest absolute Gasteiger partial charge is 0.353 e. The van der Waals surface area contributed by atoms with E-state index in [-0.39, 0.29) is 6.29 Å². The molecule has 2 nitrogen and oxygen atoms in total. The standard InChI is InChI=1S/C16H26O2/c1-4-7-8-9-10-11-12-13-14-15-16(17-5-2)18-6-3/h4,9-10,16H,1,5-6,11-15H2,2-3H3/b10-9+. The van der Waals surface area contributed by atoms with Gasteiger partial charge in [0.15, 0.2) is 6.29 Å². The Morgan fingerprint density at radius 2 is 1.78 bits per heavy atom. The summed E-state index contributed by atoms with van der Waals surface area (Å²) in [5, 5.41) is 0. The first-order valence-electron chi connectivity index (χ1n) is 6.85. The SMILES string of the molecule is C=CC#C/C=C/CCCCCC(OCC)OCC. The fraction of sp³-hybridized carbons (Fsp3) is 0.625. The minimum absolute atomic E-state index is 0.0194. The average Bonchev–Trinajstić information content (AvgIpc) is 2.37. The van der Waals surface area contributed by atoms with Crippen molar-refractivity contribution in [1.82, 2.24) is 0 Å². The summed E-state index contributed by atoms with van der Waals surface area (Å²) in [5.74, 6) is 5.68. The highest BCUT2D eigenvalue weighted by Gasteiger charge is 2.06. The molecule has 0 saturated heterocycles. The lowest BCUT2D eigenvalue weighted by atomic mass is 10.1. The van der Waals surface area contributed by atoms with Crippen LogP contribution < -0.4 is 0 Å². The van der Waals surface area contributed by atoms with Crippen molar-refractivity contribution in [2.75, 3.05) is 13.2 Å². The smallest absolute Gasteiger partial charge is 0.157 e. The molecule has 0 aliphatic rings. The van der Waals surface area contributed by atoms with Gasteiger partial charge in [-0.1, -0.05) is 30.9 Å². The van der Waals surface area contributed by atoms with E-state index in [1.54, 1.807) is 6.08 Å². The van der Waals surface area contributed by atoms with Gasteiger partial charge in [-0.25, -0.2) is 0 Å². The Morgan fingerprint density at radius 3 is 2.39 bits per heavy atom. The molecular weight excluding hydrogens is 224 g/mol. The van der Waals surface area contributed by atoms with Crippen LogP contribution in [-0.2, 0) is 9.47 Å². The van der Waals surface area contributed by atoms with Crippen LogP contribution in [-0.4, -0.2) is 19.5 Å². The summed E-state index contributed by atoms with van der Waals surface area (Å²) >= 11 is 0. The first-order chi connectivity index (χ1) is 8.85. The zero-order valence-corrected chi connectivity index (χ0v) is 11.8. The van der Waals surface area contributed by atoms with Crippen molar-refractivity contribution < 1.29 is 9.47 Å². The third-order valence-corrected chi connectivity index (χ3v) is 2.40. The molecule has 0 aliphatic carbocycles. The summed E-state index contributed by atoms with van der Waals surface area (Å²) in [6.07, 6.45) is 11.2.